The Balaban J connectivity index is 1.48. The zero-order valence-corrected chi connectivity index (χ0v) is 18.7. The van der Waals surface area contributed by atoms with E-state index in [4.69, 9.17) is 4.74 Å². The zero-order valence-electron chi connectivity index (χ0n) is 16.3. The molecule has 2 fully saturated rings. The highest BCUT2D eigenvalue weighted by Gasteiger charge is 2.30. The molecule has 2 aliphatic heterocycles. The van der Waals surface area contributed by atoms with Crippen molar-refractivity contribution < 1.29 is 13.2 Å². The van der Waals surface area contributed by atoms with E-state index in [2.05, 4.69) is 35.7 Å². The summed E-state index contributed by atoms with van der Waals surface area (Å²) in [7, 11) is -3.53. The molecule has 2 aromatic rings. The van der Waals surface area contributed by atoms with Crippen LogP contribution in [0, 0.1) is 6.92 Å². The molecule has 4 rings (SSSR count). The second-order valence-corrected chi connectivity index (χ2v) is 9.81. The molecule has 0 saturated carbocycles. The van der Waals surface area contributed by atoms with Crippen LogP contribution >= 0.6 is 15.9 Å². The maximum absolute atomic E-state index is 13.0. The van der Waals surface area contributed by atoms with Crippen molar-refractivity contribution >= 4 is 37.6 Å². The summed E-state index contributed by atoms with van der Waals surface area (Å²) in [6.07, 6.45) is 0. The van der Waals surface area contributed by atoms with Gasteiger partial charge in [0.1, 0.15) is 17.5 Å². The van der Waals surface area contributed by atoms with Crippen LogP contribution in [0.4, 0.5) is 11.6 Å². The first-order chi connectivity index (χ1) is 13.9. The van der Waals surface area contributed by atoms with Gasteiger partial charge in [0, 0.05) is 49.8 Å². The molecule has 0 atom stereocenters. The first kappa shape index (κ1) is 20.5. The number of halogens is 1. The summed E-state index contributed by atoms with van der Waals surface area (Å²) in [6, 6.07) is 8.93. The van der Waals surface area contributed by atoms with Crippen molar-refractivity contribution in [2.24, 2.45) is 0 Å². The molecule has 8 nitrogen and oxygen atoms in total. The molecule has 1 aromatic heterocycles. The van der Waals surface area contributed by atoms with Gasteiger partial charge in [0.15, 0.2) is 0 Å². The number of aromatic nitrogens is 2. The van der Waals surface area contributed by atoms with Gasteiger partial charge >= 0.3 is 0 Å². The monoisotopic (exact) mass is 481 g/mol. The SMILES string of the molecule is Cc1nc(N2CCOCC2)cc(N2CCN(S(=O)(=O)c3ccccc3Br)CC2)n1. The first-order valence-corrected chi connectivity index (χ1v) is 11.9. The third-order valence-corrected chi connectivity index (χ3v) is 8.07. The highest BCUT2D eigenvalue weighted by molar-refractivity contribution is 9.10. The summed E-state index contributed by atoms with van der Waals surface area (Å²) in [5.74, 6) is 2.46. The number of rotatable bonds is 4. The van der Waals surface area contributed by atoms with Crippen molar-refractivity contribution in [3.8, 4) is 0 Å². The second-order valence-electron chi connectivity index (χ2n) is 7.05. The van der Waals surface area contributed by atoms with E-state index in [0.29, 0.717) is 54.6 Å². The van der Waals surface area contributed by atoms with Gasteiger partial charge in [-0.2, -0.15) is 4.31 Å². The van der Waals surface area contributed by atoms with Crippen molar-refractivity contribution in [1.82, 2.24) is 14.3 Å². The molecule has 1 aromatic carbocycles. The Hall–Kier alpha value is -1.75. The molecule has 0 radical (unpaired) electrons. The van der Waals surface area contributed by atoms with Crippen LogP contribution in [0.5, 0.6) is 0 Å². The predicted octanol–water partition coefficient (Wildman–Crippen LogP) is 1.90. The minimum Gasteiger partial charge on any atom is -0.378 e. The molecule has 2 saturated heterocycles. The third-order valence-electron chi connectivity index (χ3n) is 5.16. The molecule has 2 aliphatic rings. The summed E-state index contributed by atoms with van der Waals surface area (Å²) in [4.78, 5) is 13.8. The summed E-state index contributed by atoms with van der Waals surface area (Å²) < 4.78 is 33.6. The van der Waals surface area contributed by atoms with E-state index >= 15 is 0 Å². The molecule has 3 heterocycles. The molecule has 0 bridgehead atoms. The van der Waals surface area contributed by atoms with Crippen LogP contribution in [0.3, 0.4) is 0 Å². The Morgan fingerprint density at radius 2 is 1.52 bits per heavy atom. The average Bonchev–Trinajstić information content (AvgIpc) is 2.74. The molecular formula is C19H24BrN5O3S. The van der Waals surface area contributed by atoms with E-state index < -0.39 is 10.0 Å². The van der Waals surface area contributed by atoms with Gasteiger partial charge in [-0.25, -0.2) is 18.4 Å². The van der Waals surface area contributed by atoms with E-state index in [-0.39, 0.29) is 0 Å². The minimum absolute atomic E-state index is 0.306. The summed E-state index contributed by atoms with van der Waals surface area (Å²) >= 11 is 3.35. The van der Waals surface area contributed by atoms with Crippen molar-refractivity contribution in [3.63, 3.8) is 0 Å². The van der Waals surface area contributed by atoms with Gasteiger partial charge in [-0.05, 0) is 35.0 Å². The molecule has 0 N–H and O–H groups in total. The van der Waals surface area contributed by atoms with Crippen molar-refractivity contribution in [2.45, 2.75) is 11.8 Å². The predicted molar refractivity (Wildman–Crippen MR) is 115 cm³/mol. The lowest BCUT2D eigenvalue weighted by molar-refractivity contribution is 0.122. The normalized spacial score (nSPS) is 18.8. The number of nitrogens with zero attached hydrogens (tertiary/aromatic N) is 5. The minimum atomic E-state index is -3.53. The van der Waals surface area contributed by atoms with Crippen LogP contribution in [0.1, 0.15) is 5.82 Å². The number of sulfonamides is 1. The lowest BCUT2D eigenvalue weighted by atomic mass is 10.3. The maximum atomic E-state index is 13.0. The van der Waals surface area contributed by atoms with Crippen LogP contribution in [0.25, 0.3) is 0 Å². The number of benzene rings is 1. The van der Waals surface area contributed by atoms with E-state index in [1.165, 1.54) is 0 Å². The first-order valence-electron chi connectivity index (χ1n) is 9.63. The molecule has 0 amide bonds. The summed E-state index contributed by atoms with van der Waals surface area (Å²) in [5, 5.41) is 0. The van der Waals surface area contributed by atoms with Gasteiger partial charge in [-0.1, -0.05) is 12.1 Å². The number of hydrogen-bond acceptors (Lipinski definition) is 7. The second kappa shape index (κ2) is 8.55. The molecule has 156 valence electrons. The van der Waals surface area contributed by atoms with Gasteiger partial charge in [-0.3, -0.25) is 0 Å². The smallest absolute Gasteiger partial charge is 0.244 e. The van der Waals surface area contributed by atoms with E-state index in [0.717, 1.165) is 24.7 Å². The number of piperazine rings is 1. The van der Waals surface area contributed by atoms with Crippen LogP contribution in [0.2, 0.25) is 0 Å². The largest absolute Gasteiger partial charge is 0.378 e. The van der Waals surface area contributed by atoms with Crippen LogP contribution < -0.4 is 9.80 Å². The lowest BCUT2D eigenvalue weighted by Crippen LogP contribution is -2.49. The van der Waals surface area contributed by atoms with Gasteiger partial charge in [0.05, 0.1) is 18.1 Å². The Morgan fingerprint density at radius 1 is 0.931 bits per heavy atom. The number of morpholine rings is 1. The van der Waals surface area contributed by atoms with Crippen molar-refractivity contribution in [2.75, 3.05) is 62.3 Å². The molecule has 0 unspecified atom stereocenters. The highest BCUT2D eigenvalue weighted by Crippen LogP contribution is 2.27. The fraction of sp³-hybridized carbons (Fsp3) is 0.474. The quantitative estimate of drug-likeness (QED) is 0.659. The van der Waals surface area contributed by atoms with Crippen molar-refractivity contribution in [1.29, 1.82) is 0 Å². The van der Waals surface area contributed by atoms with Crippen molar-refractivity contribution in [3.05, 3.63) is 40.6 Å². The number of aryl methyl sites for hydroxylation is 1. The molecule has 0 aliphatic carbocycles. The fourth-order valence-electron chi connectivity index (χ4n) is 3.60. The Labute approximate surface area is 179 Å². The molecule has 0 spiro atoms. The van der Waals surface area contributed by atoms with Gasteiger partial charge in [0.2, 0.25) is 10.0 Å². The summed E-state index contributed by atoms with van der Waals surface area (Å²) in [6.45, 7) is 6.92. The van der Waals surface area contributed by atoms with Gasteiger partial charge in [0.25, 0.3) is 0 Å². The van der Waals surface area contributed by atoms with E-state index in [9.17, 15) is 8.42 Å². The number of hydrogen-bond donors (Lipinski definition) is 0. The average molecular weight is 482 g/mol. The number of anilines is 2. The van der Waals surface area contributed by atoms with E-state index in [1.807, 2.05) is 19.1 Å². The highest BCUT2D eigenvalue weighted by atomic mass is 79.9. The molecule has 10 heteroatoms. The Bertz CT molecular complexity index is 974. The standard InChI is InChI=1S/C19H24BrN5O3S/c1-15-21-18(14-19(22-15)24-10-12-28-13-11-24)23-6-8-25(9-7-23)29(26,27)17-5-3-2-4-16(17)20/h2-5,14H,6-13H2,1H3. The number of ether oxygens (including phenoxy) is 1. The maximum Gasteiger partial charge on any atom is 0.244 e. The van der Waals surface area contributed by atoms with Gasteiger partial charge < -0.3 is 14.5 Å². The Kier molecular flexibility index (Phi) is 6.05. The molecular weight excluding hydrogens is 458 g/mol. The topological polar surface area (TPSA) is 78.9 Å². The van der Waals surface area contributed by atoms with Crippen LogP contribution in [0.15, 0.2) is 39.7 Å². The zero-order chi connectivity index (χ0) is 20.4. The van der Waals surface area contributed by atoms with Crippen LogP contribution in [-0.4, -0.2) is 75.2 Å². The fourth-order valence-corrected chi connectivity index (χ4v) is 5.99. The Morgan fingerprint density at radius 3 is 2.14 bits per heavy atom. The summed E-state index contributed by atoms with van der Waals surface area (Å²) in [5.41, 5.74) is 0. The third kappa shape index (κ3) is 4.40. The van der Waals surface area contributed by atoms with E-state index in [1.54, 1.807) is 22.5 Å². The van der Waals surface area contributed by atoms with Crippen LogP contribution in [-0.2, 0) is 14.8 Å². The lowest BCUT2D eigenvalue weighted by Gasteiger charge is -2.35. The van der Waals surface area contributed by atoms with Gasteiger partial charge in [-0.15, -0.1) is 0 Å². The molecule has 29 heavy (non-hydrogen) atoms.